The molecule has 0 fully saturated rings. The summed E-state index contributed by atoms with van der Waals surface area (Å²) < 4.78 is 13.6. The van der Waals surface area contributed by atoms with Crippen LogP contribution >= 0.6 is 0 Å². The van der Waals surface area contributed by atoms with E-state index < -0.39 is 0 Å². The van der Waals surface area contributed by atoms with E-state index in [4.69, 9.17) is 5.73 Å². The molecule has 0 aromatic heterocycles. The van der Waals surface area contributed by atoms with E-state index in [1.165, 1.54) is 6.07 Å². The van der Waals surface area contributed by atoms with Crippen LogP contribution < -0.4 is 5.73 Å². The van der Waals surface area contributed by atoms with Crippen LogP contribution in [0.1, 0.15) is 32.8 Å². The molecule has 1 atom stereocenters. The van der Waals surface area contributed by atoms with Crippen LogP contribution in [-0.2, 0) is 6.54 Å². The van der Waals surface area contributed by atoms with Crippen LogP contribution in [0.3, 0.4) is 0 Å². The zero-order valence-corrected chi connectivity index (χ0v) is 11.2. The van der Waals surface area contributed by atoms with Crippen LogP contribution in [0, 0.1) is 11.7 Å². The maximum Gasteiger partial charge on any atom is 0.129 e. The molecular formula is C14H23FN2. The Bertz CT molecular complexity index is 363. The lowest BCUT2D eigenvalue weighted by molar-refractivity contribution is 0.218. The van der Waals surface area contributed by atoms with E-state index in [0.29, 0.717) is 29.8 Å². The fraction of sp³-hybridized carbons (Fsp3) is 0.571. The molecule has 0 spiro atoms. The second-order valence-corrected chi connectivity index (χ2v) is 5.24. The Morgan fingerprint density at radius 2 is 1.94 bits per heavy atom. The van der Waals surface area contributed by atoms with E-state index >= 15 is 0 Å². The standard InChI is InChI=1S/C14H23FN2/c1-10(2)7-11(3)17(4)9-12-5-6-13(16)8-14(12)15/h5-6,8,10-11H,7,9,16H2,1-4H3. The first-order valence-corrected chi connectivity index (χ1v) is 6.14. The van der Waals surface area contributed by atoms with E-state index in [-0.39, 0.29) is 5.82 Å². The third kappa shape index (κ3) is 4.35. The second kappa shape index (κ2) is 6.01. The highest BCUT2D eigenvalue weighted by Gasteiger charge is 2.13. The molecule has 1 aromatic carbocycles. The summed E-state index contributed by atoms with van der Waals surface area (Å²) in [6, 6.07) is 5.35. The number of nitrogen functional groups attached to an aromatic ring is 1. The molecule has 0 aliphatic heterocycles. The molecule has 3 heteroatoms. The van der Waals surface area contributed by atoms with Crippen molar-refractivity contribution < 1.29 is 4.39 Å². The smallest absolute Gasteiger partial charge is 0.129 e. The third-order valence-corrected chi connectivity index (χ3v) is 3.06. The number of nitrogens with zero attached hydrogens (tertiary/aromatic N) is 1. The van der Waals surface area contributed by atoms with Gasteiger partial charge < -0.3 is 5.73 Å². The molecule has 0 radical (unpaired) electrons. The SMILES string of the molecule is CC(C)CC(C)N(C)Cc1ccc(N)cc1F. The number of rotatable bonds is 5. The van der Waals surface area contributed by atoms with Crippen LogP contribution in [0.4, 0.5) is 10.1 Å². The van der Waals surface area contributed by atoms with Gasteiger partial charge in [0.05, 0.1) is 0 Å². The lowest BCUT2D eigenvalue weighted by Gasteiger charge is -2.26. The van der Waals surface area contributed by atoms with E-state index in [1.54, 1.807) is 12.1 Å². The highest BCUT2D eigenvalue weighted by atomic mass is 19.1. The summed E-state index contributed by atoms with van der Waals surface area (Å²) in [5.41, 5.74) is 6.71. The second-order valence-electron chi connectivity index (χ2n) is 5.24. The molecule has 96 valence electrons. The fourth-order valence-corrected chi connectivity index (χ4v) is 1.98. The molecule has 0 saturated heterocycles. The van der Waals surface area contributed by atoms with Gasteiger partial charge in [0.2, 0.25) is 0 Å². The molecule has 1 aromatic rings. The minimum absolute atomic E-state index is 0.214. The van der Waals surface area contributed by atoms with E-state index in [2.05, 4.69) is 25.7 Å². The predicted octanol–water partition coefficient (Wildman–Crippen LogP) is 3.27. The topological polar surface area (TPSA) is 29.3 Å². The molecule has 0 bridgehead atoms. The van der Waals surface area contributed by atoms with Gasteiger partial charge in [0.25, 0.3) is 0 Å². The van der Waals surface area contributed by atoms with Crippen molar-refractivity contribution in [3.63, 3.8) is 0 Å². The molecule has 0 aliphatic rings. The van der Waals surface area contributed by atoms with Crippen LogP contribution in [0.2, 0.25) is 0 Å². The Morgan fingerprint density at radius 3 is 2.47 bits per heavy atom. The minimum atomic E-state index is -0.214. The van der Waals surface area contributed by atoms with Crippen molar-refractivity contribution in [1.82, 2.24) is 4.90 Å². The molecule has 1 unspecified atom stereocenters. The lowest BCUT2D eigenvalue weighted by Crippen LogP contribution is -2.30. The van der Waals surface area contributed by atoms with Gasteiger partial charge in [-0.25, -0.2) is 4.39 Å². The van der Waals surface area contributed by atoms with Crippen LogP contribution in [-0.4, -0.2) is 18.0 Å². The van der Waals surface area contributed by atoms with Crippen LogP contribution in [0.15, 0.2) is 18.2 Å². The molecule has 17 heavy (non-hydrogen) atoms. The number of hydrogen-bond acceptors (Lipinski definition) is 2. The van der Waals surface area contributed by atoms with Gasteiger partial charge in [-0.1, -0.05) is 19.9 Å². The third-order valence-electron chi connectivity index (χ3n) is 3.06. The molecule has 0 heterocycles. The summed E-state index contributed by atoms with van der Waals surface area (Å²) >= 11 is 0. The Balaban J connectivity index is 2.64. The number of anilines is 1. The summed E-state index contributed by atoms with van der Waals surface area (Å²) in [5, 5.41) is 0. The summed E-state index contributed by atoms with van der Waals surface area (Å²) in [7, 11) is 2.03. The van der Waals surface area contributed by atoms with Crippen molar-refractivity contribution in [2.45, 2.75) is 39.8 Å². The van der Waals surface area contributed by atoms with Gasteiger partial charge in [-0.2, -0.15) is 0 Å². The van der Waals surface area contributed by atoms with Crippen molar-refractivity contribution in [1.29, 1.82) is 0 Å². The summed E-state index contributed by atoms with van der Waals surface area (Å²) in [6.45, 7) is 7.21. The quantitative estimate of drug-likeness (QED) is 0.798. The lowest BCUT2D eigenvalue weighted by atomic mass is 10.0. The number of benzene rings is 1. The first-order chi connectivity index (χ1) is 7.90. The van der Waals surface area contributed by atoms with Crippen LogP contribution in [0.5, 0.6) is 0 Å². The zero-order valence-electron chi connectivity index (χ0n) is 11.2. The Kier molecular flexibility index (Phi) is 4.94. The summed E-state index contributed by atoms with van der Waals surface area (Å²) in [4.78, 5) is 2.18. The monoisotopic (exact) mass is 238 g/mol. The largest absolute Gasteiger partial charge is 0.399 e. The summed E-state index contributed by atoms with van der Waals surface area (Å²) in [6.07, 6.45) is 1.12. The molecule has 1 rings (SSSR count). The normalized spacial score (nSPS) is 13.4. The Morgan fingerprint density at radius 1 is 1.29 bits per heavy atom. The predicted molar refractivity (Wildman–Crippen MR) is 71.2 cm³/mol. The molecule has 2 N–H and O–H groups in total. The van der Waals surface area contributed by atoms with Gasteiger partial charge >= 0.3 is 0 Å². The van der Waals surface area contributed by atoms with Gasteiger partial charge in [0.15, 0.2) is 0 Å². The van der Waals surface area contributed by atoms with Crippen molar-refractivity contribution in [2.75, 3.05) is 12.8 Å². The Labute approximate surface area is 104 Å². The first-order valence-electron chi connectivity index (χ1n) is 6.14. The van der Waals surface area contributed by atoms with E-state index in [1.807, 2.05) is 7.05 Å². The number of hydrogen-bond donors (Lipinski definition) is 1. The molecule has 2 nitrogen and oxygen atoms in total. The van der Waals surface area contributed by atoms with Gasteiger partial charge in [-0.3, -0.25) is 4.90 Å². The van der Waals surface area contributed by atoms with E-state index in [0.717, 1.165) is 6.42 Å². The average molecular weight is 238 g/mol. The van der Waals surface area contributed by atoms with Gasteiger partial charge in [-0.15, -0.1) is 0 Å². The van der Waals surface area contributed by atoms with Crippen molar-refractivity contribution in [2.24, 2.45) is 5.92 Å². The molecule has 0 amide bonds. The zero-order chi connectivity index (χ0) is 13.0. The van der Waals surface area contributed by atoms with Gasteiger partial charge in [0.1, 0.15) is 5.82 Å². The Hall–Kier alpha value is -1.09. The van der Waals surface area contributed by atoms with Gasteiger partial charge in [0, 0.05) is 23.8 Å². The van der Waals surface area contributed by atoms with E-state index in [9.17, 15) is 4.39 Å². The summed E-state index contributed by atoms with van der Waals surface area (Å²) in [5.74, 6) is 0.442. The van der Waals surface area contributed by atoms with Crippen molar-refractivity contribution >= 4 is 5.69 Å². The molecular weight excluding hydrogens is 215 g/mol. The van der Waals surface area contributed by atoms with Crippen LogP contribution in [0.25, 0.3) is 0 Å². The molecule has 0 aliphatic carbocycles. The number of halogens is 1. The maximum atomic E-state index is 13.6. The fourth-order valence-electron chi connectivity index (χ4n) is 1.98. The van der Waals surface area contributed by atoms with Crippen molar-refractivity contribution in [3.05, 3.63) is 29.6 Å². The van der Waals surface area contributed by atoms with Crippen molar-refractivity contribution in [3.8, 4) is 0 Å². The van der Waals surface area contributed by atoms with Gasteiger partial charge in [-0.05, 0) is 38.4 Å². The first kappa shape index (κ1) is 14.0. The molecule has 0 saturated carbocycles. The minimum Gasteiger partial charge on any atom is -0.399 e. The maximum absolute atomic E-state index is 13.6. The highest BCUT2D eigenvalue weighted by molar-refractivity contribution is 5.40. The average Bonchev–Trinajstić information content (AvgIpc) is 2.21. The highest BCUT2D eigenvalue weighted by Crippen LogP contribution is 2.16. The number of nitrogens with two attached hydrogens (primary N) is 1.